The second-order valence-electron chi connectivity index (χ2n) is 5.28. The van der Waals surface area contributed by atoms with Crippen LogP contribution in [-0.2, 0) is 9.84 Å². The van der Waals surface area contributed by atoms with Gasteiger partial charge in [0, 0.05) is 44.8 Å². The van der Waals surface area contributed by atoms with Gasteiger partial charge in [-0.05, 0) is 24.3 Å². The lowest BCUT2D eigenvalue weighted by Gasteiger charge is -2.27. The van der Waals surface area contributed by atoms with Gasteiger partial charge in [-0.3, -0.25) is 9.69 Å². The molecular weight excluding hydrogens is 302 g/mol. The SMILES string of the molecule is CCS(=O)(=O)c1ccc(C(=O)NCCN2CCNCC2)cc1. The molecule has 7 heteroatoms. The van der Waals surface area contributed by atoms with E-state index in [1.54, 1.807) is 19.1 Å². The number of nitrogens with zero attached hydrogens (tertiary/aromatic N) is 1. The number of amides is 1. The third-order valence-corrected chi connectivity index (χ3v) is 5.53. The van der Waals surface area contributed by atoms with Crippen molar-refractivity contribution in [2.75, 3.05) is 45.0 Å². The summed E-state index contributed by atoms with van der Waals surface area (Å²) in [7, 11) is -3.22. The number of rotatable bonds is 6. The molecule has 6 nitrogen and oxygen atoms in total. The highest BCUT2D eigenvalue weighted by molar-refractivity contribution is 7.91. The predicted molar refractivity (Wildman–Crippen MR) is 85.8 cm³/mol. The van der Waals surface area contributed by atoms with Crippen LogP contribution >= 0.6 is 0 Å². The van der Waals surface area contributed by atoms with E-state index in [-0.39, 0.29) is 16.6 Å². The van der Waals surface area contributed by atoms with Gasteiger partial charge in [0.2, 0.25) is 0 Å². The molecule has 0 bridgehead atoms. The average molecular weight is 325 g/mol. The summed E-state index contributed by atoms with van der Waals surface area (Å²) in [4.78, 5) is 14.6. The van der Waals surface area contributed by atoms with Gasteiger partial charge < -0.3 is 10.6 Å². The molecule has 0 atom stereocenters. The van der Waals surface area contributed by atoms with Gasteiger partial charge in [-0.1, -0.05) is 6.92 Å². The number of piperazine rings is 1. The maximum atomic E-state index is 12.0. The Balaban J connectivity index is 1.84. The number of benzene rings is 1. The zero-order chi connectivity index (χ0) is 16.0. The Morgan fingerprint density at radius 1 is 1.23 bits per heavy atom. The second-order valence-corrected chi connectivity index (χ2v) is 7.55. The first kappa shape index (κ1) is 16.9. The summed E-state index contributed by atoms with van der Waals surface area (Å²) in [6.45, 7) is 7.00. The molecule has 1 amide bonds. The zero-order valence-electron chi connectivity index (χ0n) is 12.8. The highest BCUT2D eigenvalue weighted by Crippen LogP contribution is 2.12. The molecule has 122 valence electrons. The maximum Gasteiger partial charge on any atom is 0.251 e. The summed E-state index contributed by atoms with van der Waals surface area (Å²) in [6.07, 6.45) is 0. The molecular formula is C15H23N3O3S. The molecule has 2 N–H and O–H groups in total. The van der Waals surface area contributed by atoms with Gasteiger partial charge >= 0.3 is 0 Å². The Bertz CT molecular complexity index is 593. The Morgan fingerprint density at radius 2 is 1.86 bits per heavy atom. The Labute approximate surface area is 131 Å². The number of hydrogen-bond acceptors (Lipinski definition) is 5. The van der Waals surface area contributed by atoms with Gasteiger partial charge in [-0.15, -0.1) is 0 Å². The van der Waals surface area contributed by atoms with Crippen molar-refractivity contribution in [1.29, 1.82) is 0 Å². The molecule has 0 aliphatic carbocycles. The predicted octanol–water partition coefficient (Wildman–Crippen LogP) is 0.115. The largest absolute Gasteiger partial charge is 0.351 e. The fraction of sp³-hybridized carbons (Fsp3) is 0.533. The topological polar surface area (TPSA) is 78.5 Å². The van der Waals surface area contributed by atoms with Gasteiger partial charge in [0.1, 0.15) is 0 Å². The van der Waals surface area contributed by atoms with Gasteiger partial charge in [0.15, 0.2) is 9.84 Å². The molecule has 1 fully saturated rings. The Morgan fingerprint density at radius 3 is 2.45 bits per heavy atom. The van der Waals surface area contributed by atoms with Gasteiger partial charge in [0.05, 0.1) is 10.6 Å². The molecule has 1 aromatic rings. The molecule has 0 saturated carbocycles. The van der Waals surface area contributed by atoms with Crippen molar-refractivity contribution in [1.82, 2.24) is 15.5 Å². The van der Waals surface area contributed by atoms with E-state index in [1.165, 1.54) is 12.1 Å². The summed E-state index contributed by atoms with van der Waals surface area (Å²) in [5, 5.41) is 6.15. The highest BCUT2D eigenvalue weighted by atomic mass is 32.2. The molecule has 0 radical (unpaired) electrons. The second kappa shape index (κ2) is 7.71. The molecule has 1 heterocycles. The quantitative estimate of drug-likeness (QED) is 0.776. The summed E-state index contributed by atoms with van der Waals surface area (Å²) in [5.41, 5.74) is 0.482. The van der Waals surface area contributed by atoms with E-state index < -0.39 is 9.84 Å². The van der Waals surface area contributed by atoms with Crippen molar-refractivity contribution >= 4 is 15.7 Å². The third-order valence-electron chi connectivity index (χ3n) is 3.78. The van der Waals surface area contributed by atoms with Crippen molar-refractivity contribution < 1.29 is 13.2 Å². The molecule has 0 aromatic heterocycles. The van der Waals surface area contributed by atoms with Gasteiger partial charge in [-0.2, -0.15) is 0 Å². The lowest BCUT2D eigenvalue weighted by atomic mass is 10.2. The van der Waals surface area contributed by atoms with Crippen molar-refractivity contribution in [3.63, 3.8) is 0 Å². The minimum atomic E-state index is -3.22. The summed E-state index contributed by atoms with van der Waals surface area (Å²) >= 11 is 0. The van der Waals surface area contributed by atoms with Crippen LogP contribution < -0.4 is 10.6 Å². The van der Waals surface area contributed by atoms with E-state index >= 15 is 0 Å². The standard InChI is InChI=1S/C15H23N3O3S/c1-2-22(20,21)14-5-3-13(4-6-14)15(19)17-9-12-18-10-7-16-8-11-18/h3-6,16H,2,7-12H2,1H3,(H,17,19). The molecule has 22 heavy (non-hydrogen) atoms. The van der Waals surface area contributed by atoms with Crippen LogP contribution in [0.15, 0.2) is 29.2 Å². The Hall–Kier alpha value is -1.44. The normalized spacial score (nSPS) is 16.4. The van der Waals surface area contributed by atoms with Crippen LogP contribution in [0.2, 0.25) is 0 Å². The van der Waals surface area contributed by atoms with Crippen LogP contribution in [0.5, 0.6) is 0 Å². The third kappa shape index (κ3) is 4.53. The molecule has 1 aliphatic rings. The summed E-state index contributed by atoms with van der Waals surface area (Å²) in [5.74, 6) is -0.112. The van der Waals surface area contributed by atoms with Crippen LogP contribution in [0.1, 0.15) is 17.3 Å². The molecule has 0 unspecified atom stereocenters. The minimum Gasteiger partial charge on any atom is -0.351 e. The van der Waals surface area contributed by atoms with E-state index in [2.05, 4.69) is 15.5 Å². The first-order valence-corrected chi connectivity index (χ1v) is 9.22. The summed E-state index contributed by atoms with van der Waals surface area (Å²) in [6, 6.07) is 6.10. The van der Waals surface area contributed by atoms with Gasteiger partial charge in [0.25, 0.3) is 5.91 Å². The smallest absolute Gasteiger partial charge is 0.251 e. The van der Waals surface area contributed by atoms with E-state index in [0.717, 1.165) is 32.7 Å². The van der Waals surface area contributed by atoms with Crippen LogP contribution in [0.4, 0.5) is 0 Å². The Kier molecular flexibility index (Phi) is 5.93. The number of carbonyl (C=O) groups is 1. The van der Waals surface area contributed by atoms with Crippen molar-refractivity contribution in [2.45, 2.75) is 11.8 Å². The first-order valence-electron chi connectivity index (χ1n) is 7.57. The fourth-order valence-corrected chi connectivity index (χ4v) is 3.23. The molecule has 1 saturated heterocycles. The van der Waals surface area contributed by atoms with Crippen molar-refractivity contribution in [3.8, 4) is 0 Å². The van der Waals surface area contributed by atoms with E-state index in [4.69, 9.17) is 0 Å². The average Bonchev–Trinajstić information content (AvgIpc) is 2.56. The number of nitrogens with one attached hydrogen (secondary N) is 2. The summed E-state index contributed by atoms with van der Waals surface area (Å²) < 4.78 is 23.4. The maximum absolute atomic E-state index is 12.0. The molecule has 0 spiro atoms. The van der Waals surface area contributed by atoms with Crippen molar-refractivity contribution in [2.24, 2.45) is 0 Å². The molecule has 1 aromatic carbocycles. The number of carbonyl (C=O) groups excluding carboxylic acids is 1. The number of sulfone groups is 1. The lowest BCUT2D eigenvalue weighted by molar-refractivity contribution is 0.0947. The fourth-order valence-electron chi connectivity index (χ4n) is 2.34. The van der Waals surface area contributed by atoms with Crippen molar-refractivity contribution in [3.05, 3.63) is 29.8 Å². The minimum absolute atomic E-state index is 0.0588. The van der Waals surface area contributed by atoms with Crippen LogP contribution in [-0.4, -0.2) is 64.2 Å². The zero-order valence-corrected chi connectivity index (χ0v) is 13.7. The van der Waals surface area contributed by atoms with Gasteiger partial charge in [-0.25, -0.2) is 8.42 Å². The van der Waals surface area contributed by atoms with Crippen LogP contribution in [0, 0.1) is 0 Å². The number of hydrogen-bond donors (Lipinski definition) is 2. The van der Waals surface area contributed by atoms with E-state index in [9.17, 15) is 13.2 Å². The highest BCUT2D eigenvalue weighted by Gasteiger charge is 2.13. The monoisotopic (exact) mass is 325 g/mol. The van der Waals surface area contributed by atoms with Crippen LogP contribution in [0.25, 0.3) is 0 Å². The van der Waals surface area contributed by atoms with E-state index in [1.807, 2.05) is 0 Å². The lowest BCUT2D eigenvalue weighted by Crippen LogP contribution is -2.46. The van der Waals surface area contributed by atoms with E-state index in [0.29, 0.717) is 12.1 Å². The first-order chi connectivity index (χ1) is 10.5. The molecule has 1 aliphatic heterocycles. The van der Waals surface area contributed by atoms with Crippen LogP contribution in [0.3, 0.4) is 0 Å². The molecule has 2 rings (SSSR count).